The summed E-state index contributed by atoms with van der Waals surface area (Å²) in [5.41, 5.74) is 2.98. The molecule has 1 N–H and O–H groups in total. The number of rotatable bonds is 10. The summed E-state index contributed by atoms with van der Waals surface area (Å²) in [5, 5.41) is 11.2. The minimum absolute atomic E-state index is 0.212. The van der Waals surface area contributed by atoms with Crippen LogP contribution < -0.4 is 15.0 Å². The molecule has 40 heavy (non-hydrogen) atoms. The maximum absolute atomic E-state index is 14.5. The van der Waals surface area contributed by atoms with Crippen molar-refractivity contribution >= 4 is 28.5 Å². The molecule has 0 spiro atoms. The van der Waals surface area contributed by atoms with Crippen molar-refractivity contribution in [3.05, 3.63) is 120 Å². The van der Waals surface area contributed by atoms with Gasteiger partial charge in [-0.3, -0.25) is 14.5 Å². The number of amides is 2. The number of carbonyl (C=O) groups excluding carboxylic acids is 2. The fraction of sp³-hybridized carbons (Fsp3) is 0.161. The molecular formula is C31H28FN5O3. The third-order valence-corrected chi connectivity index (χ3v) is 6.38. The number of hydrogen-bond acceptors (Lipinski definition) is 5. The van der Waals surface area contributed by atoms with Crippen LogP contribution in [0.2, 0.25) is 0 Å². The summed E-state index contributed by atoms with van der Waals surface area (Å²) in [6, 6.07) is 28.2. The Balaban J connectivity index is 1.55. The number of aromatic nitrogens is 3. The van der Waals surface area contributed by atoms with Crippen LogP contribution in [0.3, 0.4) is 0 Å². The number of anilines is 1. The summed E-state index contributed by atoms with van der Waals surface area (Å²) >= 11 is 0. The number of nitrogens with zero attached hydrogens (tertiary/aromatic N) is 4. The fourth-order valence-electron chi connectivity index (χ4n) is 4.51. The summed E-state index contributed by atoms with van der Waals surface area (Å²) in [6.45, 7) is 2.41. The number of ether oxygens (including phenoxy) is 1. The highest BCUT2D eigenvalue weighted by Crippen LogP contribution is 2.30. The van der Waals surface area contributed by atoms with Crippen LogP contribution in [0.1, 0.15) is 24.1 Å². The molecule has 5 rings (SSSR count). The van der Waals surface area contributed by atoms with Crippen LogP contribution in [0.25, 0.3) is 11.0 Å². The Kier molecular flexibility index (Phi) is 8.10. The lowest BCUT2D eigenvalue weighted by Crippen LogP contribution is -2.45. The SMILES string of the molecule is CCOc1ccc([C@@H](C(=O)NCc2ccccc2)N(C(=O)Cn2nnc3ccccc32)c2cccc(F)c2)cc1. The van der Waals surface area contributed by atoms with Crippen molar-refractivity contribution in [3.8, 4) is 5.75 Å². The summed E-state index contributed by atoms with van der Waals surface area (Å²) in [5.74, 6) is -0.784. The maximum Gasteiger partial charge on any atom is 0.249 e. The standard InChI is InChI=1S/C31H28FN5O3/c1-2-40-26-17-15-23(16-18-26)30(31(39)33-20-22-9-4-3-5-10-22)37(25-12-8-11-24(32)19-25)29(38)21-36-28-14-7-6-13-27(28)34-35-36/h3-19,30H,2,20-21H2,1H3,(H,33,39)/t30-/m0/s1. The predicted molar refractivity (Wildman–Crippen MR) is 150 cm³/mol. The highest BCUT2D eigenvalue weighted by molar-refractivity contribution is 6.01. The van der Waals surface area contributed by atoms with Crippen molar-refractivity contribution in [2.75, 3.05) is 11.5 Å². The molecule has 4 aromatic carbocycles. The van der Waals surface area contributed by atoms with Crippen LogP contribution in [-0.4, -0.2) is 33.4 Å². The lowest BCUT2D eigenvalue weighted by atomic mass is 10.0. The van der Waals surface area contributed by atoms with Gasteiger partial charge in [0, 0.05) is 12.2 Å². The van der Waals surface area contributed by atoms with E-state index >= 15 is 0 Å². The van der Waals surface area contributed by atoms with Crippen molar-refractivity contribution in [3.63, 3.8) is 0 Å². The maximum atomic E-state index is 14.5. The first kappa shape index (κ1) is 26.6. The fourth-order valence-corrected chi connectivity index (χ4v) is 4.51. The Morgan fingerprint density at radius 1 is 0.950 bits per heavy atom. The van der Waals surface area contributed by atoms with Crippen molar-refractivity contribution in [2.24, 2.45) is 0 Å². The van der Waals surface area contributed by atoms with E-state index in [1.807, 2.05) is 55.5 Å². The monoisotopic (exact) mass is 537 g/mol. The first-order chi connectivity index (χ1) is 19.5. The van der Waals surface area contributed by atoms with Gasteiger partial charge in [-0.05, 0) is 60.5 Å². The van der Waals surface area contributed by atoms with Crippen molar-refractivity contribution in [2.45, 2.75) is 26.1 Å². The van der Waals surface area contributed by atoms with Crippen molar-refractivity contribution < 1.29 is 18.7 Å². The van der Waals surface area contributed by atoms with Crippen LogP contribution >= 0.6 is 0 Å². The lowest BCUT2D eigenvalue weighted by Gasteiger charge is -2.31. The third-order valence-electron chi connectivity index (χ3n) is 6.38. The van der Waals surface area contributed by atoms with Gasteiger partial charge in [-0.25, -0.2) is 9.07 Å². The molecule has 9 heteroatoms. The highest BCUT2D eigenvalue weighted by atomic mass is 19.1. The molecule has 0 fully saturated rings. The largest absolute Gasteiger partial charge is 0.494 e. The summed E-state index contributed by atoms with van der Waals surface area (Å²) < 4.78 is 21.5. The van der Waals surface area contributed by atoms with E-state index in [2.05, 4.69) is 15.6 Å². The number of fused-ring (bicyclic) bond motifs is 1. The molecule has 0 saturated heterocycles. The number of para-hydroxylation sites is 1. The van der Waals surface area contributed by atoms with Crippen LogP contribution in [0.5, 0.6) is 5.75 Å². The molecule has 0 unspecified atom stereocenters. The van der Waals surface area contributed by atoms with Gasteiger partial charge in [0.1, 0.15) is 29.7 Å². The zero-order valence-electron chi connectivity index (χ0n) is 21.9. The molecule has 1 aromatic heterocycles. The van der Waals surface area contributed by atoms with Gasteiger partial charge in [-0.2, -0.15) is 0 Å². The van der Waals surface area contributed by atoms with E-state index in [0.29, 0.717) is 29.0 Å². The van der Waals surface area contributed by atoms with Gasteiger partial charge in [0.15, 0.2) is 0 Å². The summed E-state index contributed by atoms with van der Waals surface area (Å²) in [6.07, 6.45) is 0. The first-order valence-electron chi connectivity index (χ1n) is 12.9. The Morgan fingerprint density at radius 3 is 2.45 bits per heavy atom. The Hall–Kier alpha value is -5.05. The van der Waals surface area contributed by atoms with Gasteiger partial charge in [-0.1, -0.05) is 65.9 Å². The molecule has 0 aliphatic heterocycles. The second kappa shape index (κ2) is 12.2. The van der Waals surface area contributed by atoms with E-state index in [-0.39, 0.29) is 18.8 Å². The molecule has 1 atom stereocenters. The topological polar surface area (TPSA) is 89.4 Å². The van der Waals surface area contributed by atoms with Gasteiger partial charge in [0.25, 0.3) is 0 Å². The average Bonchev–Trinajstić information content (AvgIpc) is 3.38. The number of halogens is 1. The molecular weight excluding hydrogens is 509 g/mol. The smallest absolute Gasteiger partial charge is 0.249 e. The van der Waals surface area contributed by atoms with E-state index in [4.69, 9.17) is 4.74 Å². The molecule has 0 radical (unpaired) electrons. The molecule has 202 valence electrons. The van der Waals surface area contributed by atoms with Gasteiger partial charge >= 0.3 is 0 Å². The van der Waals surface area contributed by atoms with Gasteiger partial charge in [-0.15, -0.1) is 5.10 Å². The average molecular weight is 538 g/mol. The third kappa shape index (κ3) is 5.99. The Bertz CT molecular complexity index is 1600. The second-order valence-electron chi connectivity index (χ2n) is 9.09. The molecule has 0 saturated carbocycles. The van der Waals surface area contributed by atoms with E-state index in [0.717, 1.165) is 5.56 Å². The molecule has 0 aliphatic rings. The van der Waals surface area contributed by atoms with Crippen molar-refractivity contribution in [1.82, 2.24) is 20.3 Å². The molecule has 2 amide bonds. The number of hydrogen-bond donors (Lipinski definition) is 1. The van der Waals surface area contributed by atoms with Crippen LogP contribution in [0.4, 0.5) is 10.1 Å². The number of carbonyl (C=O) groups is 2. The van der Waals surface area contributed by atoms with Gasteiger partial charge in [0.2, 0.25) is 11.8 Å². The van der Waals surface area contributed by atoms with E-state index in [9.17, 15) is 14.0 Å². The number of benzene rings is 4. The molecule has 0 aliphatic carbocycles. The van der Waals surface area contributed by atoms with Gasteiger partial charge in [0.05, 0.1) is 12.1 Å². The quantitative estimate of drug-likeness (QED) is 0.269. The first-order valence-corrected chi connectivity index (χ1v) is 12.9. The summed E-state index contributed by atoms with van der Waals surface area (Å²) in [7, 11) is 0. The van der Waals surface area contributed by atoms with E-state index in [1.54, 1.807) is 36.4 Å². The molecule has 0 bridgehead atoms. The predicted octanol–water partition coefficient (Wildman–Crippen LogP) is 5.06. The van der Waals surface area contributed by atoms with Crippen LogP contribution in [0, 0.1) is 5.82 Å². The zero-order valence-corrected chi connectivity index (χ0v) is 21.9. The Morgan fingerprint density at radius 2 is 1.70 bits per heavy atom. The normalized spacial score (nSPS) is 11.7. The van der Waals surface area contributed by atoms with E-state index < -0.39 is 23.7 Å². The minimum atomic E-state index is -1.11. The zero-order chi connectivity index (χ0) is 27.9. The van der Waals surface area contributed by atoms with Gasteiger partial charge < -0.3 is 10.1 Å². The van der Waals surface area contributed by atoms with E-state index in [1.165, 1.54) is 27.8 Å². The highest BCUT2D eigenvalue weighted by Gasteiger charge is 2.33. The number of nitrogens with one attached hydrogen (secondary N) is 1. The molecule has 5 aromatic rings. The van der Waals surface area contributed by atoms with Crippen LogP contribution in [-0.2, 0) is 22.7 Å². The minimum Gasteiger partial charge on any atom is -0.494 e. The molecule has 1 heterocycles. The lowest BCUT2D eigenvalue weighted by molar-refractivity contribution is -0.127. The second-order valence-corrected chi connectivity index (χ2v) is 9.09. The van der Waals surface area contributed by atoms with Crippen molar-refractivity contribution in [1.29, 1.82) is 0 Å². The Labute approximate surface area is 231 Å². The molecule has 8 nitrogen and oxygen atoms in total. The van der Waals surface area contributed by atoms with Crippen LogP contribution in [0.15, 0.2) is 103 Å². The summed E-state index contributed by atoms with van der Waals surface area (Å²) in [4.78, 5) is 29.2.